The maximum Gasteiger partial charge on any atom is 0.225 e. The molecule has 0 amide bonds. The van der Waals surface area contributed by atoms with Crippen LogP contribution in [-0.4, -0.2) is 16.5 Å². The van der Waals surface area contributed by atoms with Crippen LogP contribution in [0.25, 0.3) is 10.9 Å². The molecule has 3 rings (SSSR count). The van der Waals surface area contributed by atoms with E-state index >= 15 is 0 Å². The SMILES string of the molecule is C=CCNc1nc(NCc2ccco2)nc2ccccc12. The van der Waals surface area contributed by atoms with Crippen molar-refractivity contribution in [1.29, 1.82) is 0 Å². The lowest BCUT2D eigenvalue weighted by Crippen LogP contribution is -2.07. The number of nitrogens with one attached hydrogen (secondary N) is 2. The number of nitrogens with zero attached hydrogens (tertiary/aromatic N) is 2. The minimum Gasteiger partial charge on any atom is -0.467 e. The summed E-state index contributed by atoms with van der Waals surface area (Å²) in [5, 5.41) is 7.40. The molecule has 0 aliphatic heterocycles. The Labute approximate surface area is 122 Å². The van der Waals surface area contributed by atoms with E-state index in [2.05, 4.69) is 27.2 Å². The highest BCUT2D eigenvalue weighted by atomic mass is 16.3. The zero-order chi connectivity index (χ0) is 14.5. The van der Waals surface area contributed by atoms with Crippen molar-refractivity contribution in [2.24, 2.45) is 0 Å². The van der Waals surface area contributed by atoms with Crippen molar-refractivity contribution in [3.63, 3.8) is 0 Å². The Morgan fingerprint density at radius 1 is 1.10 bits per heavy atom. The molecular weight excluding hydrogens is 264 g/mol. The van der Waals surface area contributed by atoms with Crippen LogP contribution in [0.1, 0.15) is 5.76 Å². The Hall–Kier alpha value is -2.82. The molecule has 2 heterocycles. The lowest BCUT2D eigenvalue weighted by molar-refractivity contribution is 0.517. The van der Waals surface area contributed by atoms with E-state index in [4.69, 9.17) is 4.42 Å². The minimum absolute atomic E-state index is 0.548. The molecule has 2 aromatic heterocycles. The number of hydrogen-bond donors (Lipinski definition) is 2. The van der Waals surface area contributed by atoms with Crippen molar-refractivity contribution in [3.05, 3.63) is 61.1 Å². The highest BCUT2D eigenvalue weighted by Gasteiger charge is 2.07. The molecule has 0 saturated carbocycles. The minimum atomic E-state index is 0.548. The van der Waals surface area contributed by atoms with Gasteiger partial charge >= 0.3 is 0 Å². The first-order valence-corrected chi connectivity index (χ1v) is 6.74. The Kier molecular flexibility index (Phi) is 3.82. The summed E-state index contributed by atoms with van der Waals surface area (Å²) in [6.07, 6.45) is 3.45. The van der Waals surface area contributed by atoms with E-state index in [9.17, 15) is 0 Å². The lowest BCUT2D eigenvalue weighted by atomic mass is 10.2. The molecule has 0 radical (unpaired) electrons. The quantitative estimate of drug-likeness (QED) is 0.677. The van der Waals surface area contributed by atoms with Crippen LogP contribution in [0, 0.1) is 0 Å². The smallest absolute Gasteiger partial charge is 0.225 e. The average Bonchev–Trinajstić information content (AvgIpc) is 3.04. The van der Waals surface area contributed by atoms with E-state index in [1.165, 1.54) is 0 Å². The van der Waals surface area contributed by atoms with Crippen molar-refractivity contribution in [2.45, 2.75) is 6.54 Å². The molecule has 0 atom stereocenters. The molecule has 21 heavy (non-hydrogen) atoms. The number of aromatic nitrogens is 2. The van der Waals surface area contributed by atoms with Gasteiger partial charge in [0.15, 0.2) is 0 Å². The van der Waals surface area contributed by atoms with E-state index < -0.39 is 0 Å². The van der Waals surface area contributed by atoms with E-state index in [0.717, 1.165) is 22.5 Å². The number of hydrogen-bond acceptors (Lipinski definition) is 5. The van der Waals surface area contributed by atoms with Gasteiger partial charge in [0.1, 0.15) is 11.6 Å². The zero-order valence-corrected chi connectivity index (χ0v) is 11.5. The average molecular weight is 280 g/mol. The maximum absolute atomic E-state index is 5.29. The molecule has 5 nitrogen and oxygen atoms in total. The van der Waals surface area contributed by atoms with Crippen LogP contribution in [0.2, 0.25) is 0 Å². The van der Waals surface area contributed by atoms with Crippen molar-refractivity contribution in [1.82, 2.24) is 9.97 Å². The van der Waals surface area contributed by atoms with Gasteiger partial charge in [-0.05, 0) is 24.3 Å². The summed E-state index contributed by atoms with van der Waals surface area (Å²) >= 11 is 0. The zero-order valence-electron chi connectivity index (χ0n) is 11.5. The highest BCUT2D eigenvalue weighted by Crippen LogP contribution is 2.21. The van der Waals surface area contributed by atoms with Gasteiger partial charge in [0.25, 0.3) is 0 Å². The van der Waals surface area contributed by atoms with E-state index in [1.54, 1.807) is 12.3 Å². The molecule has 0 fully saturated rings. The molecular formula is C16H16N4O. The first kappa shape index (κ1) is 13.2. The van der Waals surface area contributed by atoms with E-state index in [1.807, 2.05) is 36.4 Å². The number of anilines is 2. The normalized spacial score (nSPS) is 10.5. The number of benzene rings is 1. The first-order valence-electron chi connectivity index (χ1n) is 6.74. The van der Waals surface area contributed by atoms with Crippen molar-refractivity contribution >= 4 is 22.7 Å². The Bertz CT molecular complexity index is 737. The van der Waals surface area contributed by atoms with Crippen molar-refractivity contribution in [3.8, 4) is 0 Å². The van der Waals surface area contributed by atoms with Gasteiger partial charge in [-0.25, -0.2) is 4.98 Å². The maximum atomic E-state index is 5.29. The third kappa shape index (κ3) is 3.02. The van der Waals surface area contributed by atoms with Crippen LogP contribution in [0.5, 0.6) is 0 Å². The fourth-order valence-electron chi connectivity index (χ4n) is 2.04. The standard InChI is InChI=1S/C16H16N4O/c1-2-9-17-15-13-7-3-4-8-14(13)19-16(20-15)18-11-12-6-5-10-21-12/h2-8,10H,1,9,11H2,(H2,17,18,19,20). The predicted octanol–water partition coefficient (Wildman–Crippen LogP) is 3.43. The molecule has 0 aliphatic rings. The van der Waals surface area contributed by atoms with Gasteiger partial charge < -0.3 is 15.1 Å². The molecule has 0 unspecified atom stereocenters. The summed E-state index contributed by atoms with van der Waals surface area (Å²) in [7, 11) is 0. The second-order valence-corrected chi connectivity index (χ2v) is 4.52. The summed E-state index contributed by atoms with van der Waals surface area (Å²) in [4.78, 5) is 9.03. The summed E-state index contributed by atoms with van der Waals surface area (Å²) in [5.41, 5.74) is 0.890. The fourth-order valence-corrected chi connectivity index (χ4v) is 2.04. The molecule has 2 N–H and O–H groups in total. The van der Waals surface area contributed by atoms with Crippen LogP contribution >= 0.6 is 0 Å². The van der Waals surface area contributed by atoms with Crippen LogP contribution in [0.3, 0.4) is 0 Å². The Balaban J connectivity index is 1.89. The Morgan fingerprint density at radius 3 is 2.81 bits per heavy atom. The molecule has 3 aromatic rings. The van der Waals surface area contributed by atoms with Crippen molar-refractivity contribution < 1.29 is 4.42 Å². The van der Waals surface area contributed by atoms with Crippen LogP contribution < -0.4 is 10.6 Å². The first-order chi connectivity index (χ1) is 10.4. The summed E-state index contributed by atoms with van der Waals surface area (Å²) in [6.45, 7) is 4.91. The summed E-state index contributed by atoms with van der Waals surface area (Å²) in [5.74, 6) is 2.20. The number of para-hydroxylation sites is 1. The lowest BCUT2D eigenvalue weighted by Gasteiger charge is -2.10. The van der Waals surface area contributed by atoms with Crippen molar-refractivity contribution in [2.75, 3.05) is 17.2 Å². The topological polar surface area (TPSA) is 63.0 Å². The largest absolute Gasteiger partial charge is 0.467 e. The van der Waals surface area contributed by atoms with Gasteiger partial charge in [-0.15, -0.1) is 6.58 Å². The molecule has 5 heteroatoms. The molecule has 0 saturated heterocycles. The van der Waals surface area contributed by atoms with Crippen LogP contribution in [0.4, 0.5) is 11.8 Å². The van der Waals surface area contributed by atoms with Gasteiger partial charge in [-0.1, -0.05) is 18.2 Å². The number of rotatable bonds is 6. The van der Waals surface area contributed by atoms with Gasteiger partial charge in [0.2, 0.25) is 5.95 Å². The predicted molar refractivity (Wildman–Crippen MR) is 84.3 cm³/mol. The van der Waals surface area contributed by atoms with Gasteiger partial charge in [-0.2, -0.15) is 4.98 Å². The summed E-state index contributed by atoms with van der Waals surface area (Å²) < 4.78 is 5.29. The molecule has 0 spiro atoms. The van der Waals surface area contributed by atoms with Gasteiger partial charge in [0, 0.05) is 11.9 Å². The fraction of sp³-hybridized carbons (Fsp3) is 0.125. The van der Waals surface area contributed by atoms with E-state index in [-0.39, 0.29) is 0 Å². The van der Waals surface area contributed by atoms with Gasteiger partial charge in [-0.3, -0.25) is 0 Å². The second kappa shape index (κ2) is 6.09. The highest BCUT2D eigenvalue weighted by molar-refractivity contribution is 5.90. The molecule has 0 aliphatic carbocycles. The third-order valence-electron chi connectivity index (χ3n) is 3.02. The van der Waals surface area contributed by atoms with Crippen LogP contribution in [-0.2, 0) is 6.54 Å². The van der Waals surface area contributed by atoms with E-state index in [0.29, 0.717) is 19.0 Å². The molecule has 106 valence electrons. The Morgan fingerprint density at radius 2 is 2.00 bits per heavy atom. The number of furan rings is 1. The molecule has 1 aromatic carbocycles. The number of fused-ring (bicyclic) bond motifs is 1. The van der Waals surface area contributed by atoms with Gasteiger partial charge in [0.05, 0.1) is 18.3 Å². The van der Waals surface area contributed by atoms with Crippen LogP contribution in [0.15, 0.2) is 59.7 Å². The molecule has 0 bridgehead atoms. The second-order valence-electron chi connectivity index (χ2n) is 4.52. The summed E-state index contributed by atoms with van der Waals surface area (Å²) in [6, 6.07) is 11.7. The monoisotopic (exact) mass is 280 g/mol. The third-order valence-corrected chi connectivity index (χ3v) is 3.02.